The number of ether oxygens (including phenoxy) is 1. The van der Waals surface area contributed by atoms with Crippen LogP contribution in [0.3, 0.4) is 0 Å². The number of methoxy groups -OCH3 is 1. The number of benzene rings is 1. The molecular weight excluding hydrogens is 318 g/mol. The number of aromatic nitrogens is 3. The van der Waals surface area contributed by atoms with Gasteiger partial charge in [-0.15, -0.1) is 0 Å². The molecule has 0 aliphatic heterocycles. The van der Waals surface area contributed by atoms with Crippen LogP contribution in [0.15, 0.2) is 41.0 Å². The maximum atomic E-state index is 5.20. The number of rotatable bonds is 3. The Morgan fingerprint density at radius 3 is 3.00 bits per heavy atom. The van der Waals surface area contributed by atoms with E-state index in [9.17, 15) is 0 Å². The Bertz CT molecular complexity index is 780. The van der Waals surface area contributed by atoms with Gasteiger partial charge in [0.15, 0.2) is 5.65 Å². The summed E-state index contributed by atoms with van der Waals surface area (Å²) in [6.07, 6.45) is 5.64. The third-order valence-corrected chi connectivity index (χ3v) is 3.28. The molecular formula is C15H12BrN3O. The van der Waals surface area contributed by atoms with Gasteiger partial charge in [-0.1, -0.05) is 18.2 Å². The largest absolute Gasteiger partial charge is 0.497 e. The smallest absolute Gasteiger partial charge is 0.178 e. The molecule has 0 fully saturated rings. The minimum atomic E-state index is 0.707. The quantitative estimate of drug-likeness (QED) is 0.792. The number of hydrogen-bond acceptors (Lipinski definition) is 3. The van der Waals surface area contributed by atoms with Gasteiger partial charge in [-0.3, -0.25) is 0 Å². The summed E-state index contributed by atoms with van der Waals surface area (Å²) in [7, 11) is 1.66. The van der Waals surface area contributed by atoms with Crippen molar-refractivity contribution in [3.05, 3.63) is 52.4 Å². The highest BCUT2D eigenvalue weighted by Gasteiger charge is 2.01. The van der Waals surface area contributed by atoms with Crippen LogP contribution in [0.25, 0.3) is 23.3 Å². The summed E-state index contributed by atoms with van der Waals surface area (Å²) >= 11 is 3.39. The maximum absolute atomic E-state index is 5.20. The SMILES string of the molecule is COc1cccc(/C=C/c2nc3ncc(Br)cc3[nH]2)c1. The third-order valence-electron chi connectivity index (χ3n) is 2.85. The molecule has 0 unspecified atom stereocenters. The number of H-pyrrole nitrogens is 1. The van der Waals surface area contributed by atoms with Crippen LogP contribution < -0.4 is 4.74 Å². The summed E-state index contributed by atoms with van der Waals surface area (Å²) in [6.45, 7) is 0. The van der Waals surface area contributed by atoms with Gasteiger partial charge in [-0.25, -0.2) is 9.97 Å². The van der Waals surface area contributed by atoms with E-state index in [4.69, 9.17) is 4.74 Å². The lowest BCUT2D eigenvalue weighted by Crippen LogP contribution is -1.82. The lowest BCUT2D eigenvalue weighted by Gasteiger charge is -1.99. The van der Waals surface area contributed by atoms with Crippen molar-refractivity contribution in [2.45, 2.75) is 0 Å². The third kappa shape index (κ3) is 2.72. The molecule has 1 aromatic carbocycles. The van der Waals surface area contributed by atoms with Crippen molar-refractivity contribution in [3.8, 4) is 5.75 Å². The second-order valence-corrected chi connectivity index (χ2v) is 5.17. The second kappa shape index (κ2) is 5.46. The number of fused-ring (bicyclic) bond motifs is 1. The van der Waals surface area contributed by atoms with E-state index in [1.807, 2.05) is 42.5 Å². The molecule has 0 radical (unpaired) electrons. The molecule has 0 spiro atoms. The number of imidazole rings is 1. The zero-order chi connectivity index (χ0) is 13.9. The Hall–Kier alpha value is -2.14. The molecule has 0 atom stereocenters. The molecule has 20 heavy (non-hydrogen) atoms. The monoisotopic (exact) mass is 329 g/mol. The van der Waals surface area contributed by atoms with Crippen LogP contribution in [-0.2, 0) is 0 Å². The van der Waals surface area contributed by atoms with Crippen molar-refractivity contribution in [3.63, 3.8) is 0 Å². The van der Waals surface area contributed by atoms with Crippen LogP contribution in [0.5, 0.6) is 5.75 Å². The van der Waals surface area contributed by atoms with Crippen LogP contribution in [0, 0.1) is 0 Å². The molecule has 0 saturated heterocycles. The lowest BCUT2D eigenvalue weighted by molar-refractivity contribution is 0.414. The van der Waals surface area contributed by atoms with E-state index in [-0.39, 0.29) is 0 Å². The first kappa shape index (κ1) is 12.9. The molecule has 0 aliphatic rings. The van der Waals surface area contributed by atoms with Crippen LogP contribution in [0.4, 0.5) is 0 Å². The summed E-state index contributed by atoms with van der Waals surface area (Å²) in [4.78, 5) is 11.9. The number of aromatic amines is 1. The van der Waals surface area contributed by atoms with Crippen LogP contribution >= 0.6 is 15.9 Å². The van der Waals surface area contributed by atoms with Crippen molar-refractivity contribution < 1.29 is 4.74 Å². The highest BCUT2D eigenvalue weighted by molar-refractivity contribution is 9.10. The second-order valence-electron chi connectivity index (χ2n) is 4.26. The fraction of sp³-hybridized carbons (Fsp3) is 0.0667. The molecule has 100 valence electrons. The van der Waals surface area contributed by atoms with Gasteiger partial charge in [0.2, 0.25) is 0 Å². The first-order valence-electron chi connectivity index (χ1n) is 6.08. The summed E-state index contributed by atoms with van der Waals surface area (Å²) in [6, 6.07) is 9.80. The van der Waals surface area contributed by atoms with Crippen molar-refractivity contribution in [1.82, 2.24) is 15.0 Å². The standard InChI is InChI=1S/C15H12BrN3O/c1-20-12-4-2-3-10(7-12)5-6-14-18-13-8-11(16)9-17-15(13)19-14/h2-9H,1H3,(H,17,18,19)/b6-5+. The van der Waals surface area contributed by atoms with Gasteiger partial charge in [-0.05, 0) is 45.8 Å². The normalized spacial score (nSPS) is 11.3. The minimum absolute atomic E-state index is 0.707. The van der Waals surface area contributed by atoms with E-state index in [1.54, 1.807) is 13.3 Å². The molecule has 0 saturated carbocycles. The Morgan fingerprint density at radius 2 is 2.15 bits per heavy atom. The molecule has 4 nitrogen and oxygen atoms in total. The van der Waals surface area contributed by atoms with Crippen molar-refractivity contribution >= 4 is 39.2 Å². The van der Waals surface area contributed by atoms with Crippen molar-refractivity contribution in [2.75, 3.05) is 7.11 Å². The van der Waals surface area contributed by atoms with Crippen LogP contribution in [0.2, 0.25) is 0 Å². The first-order valence-corrected chi connectivity index (χ1v) is 6.87. The Balaban J connectivity index is 1.89. The Labute approximate surface area is 124 Å². The summed E-state index contributed by atoms with van der Waals surface area (Å²) < 4.78 is 6.12. The van der Waals surface area contributed by atoms with Crippen molar-refractivity contribution in [2.24, 2.45) is 0 Å². The zero-order valence-electron chi connectivity index (χ0n) is 10.8. The molecule has 3 rings (SSSR count). The van der Waals surface area contributed by atoms with Gasteiger partial charge in [-0.2, -0.15) is 0 Å². The number of nitrogens with one attached hydrogen (secondary N) is 1. The zero-order valence-corrected chi connectivity index (χ0v) is 12.4. The minimum Gasteiger partial charge on any atom is -0.497 e. The predicted octanol–water partition coefficient (Wildman–Crippen LogP) is 3.90. The summed E-state index contributed by atoms with van der Waals surface area (Å²) in [5.41, 5.74) is 2.67. The van der Waals surface area contributed by atoms with E-state index in [0.29, 0.717) is 5.65 Å². The number of hydrogen-bond donors (Lipinski definition) is 1. The molecule has 3 aromatic rings. The van der Waals surface area contributed by atoms with Crippen molar-refractivity contribution in [1.29, 1.82) is 0 Å². The molecule has 2 heterocycles. The lowest BCUT2D eigenvalue weighted by atomic mass is 10.2. The van der Waals surface area contributed by atoms with Gasteiger partial charge in [0.25, 0.3) is 0 Å². The van der Waals surface area contributed by atoms with Gasteiger partial charge in [0.1, 0.15) is 11.6 Å². The van der Waals surface area contributed by atoms with E-state index < -0.39 is 0 Å². The topological polar surface area (TPSA) is 50.8 Å². The average Bonchev–Trinajstić information content (AvgIpc) is 2.87. The van der Waals surface area contributed by atoms with Gasteiger partial charge < -0.3 is 9.72 Å². The van der Waals surface area contributed by atoms with E-state index >= 15 is 0 Å². The average molecular weight is 330 g/mol. The maximum Gasteiger partial charge on any atom is 0.178 e. The molecule has 0 bridgehead atoms. The van der Waals surface area contributed by atoms with Gasteiger partial charge in [0.05, 0.1) is 12.6 Å². The Morgan fingerprint density at radius 1 is 1.25 bits per heavy atom. The van der Waals surface area contributed by atoms with E-state index in [0.717, 1.165) is 27.1 Å². The molecule has 5 heteroatoms. The Kier molecular flexibility index (Phi) is 3.52. The highest BCUT2D eigenvalue weighted by Crippen LogP contribution is 2.17. The molecule has 2 aromatic heterocycles. The van der Waals surface area contributed by atoms with E-state index in [2.05, 4.69) is 30.9 Å². The highest BCUT2D eigenvalue weighted by atomic mass is 79.9. The van der Waals surface area contributed by atoms with Gasteiger partial charge in [0, 0.05) is 10.7 Å². The number of nitrogens with zero attached hydrogens (tertiary/aromatic N) is 2. The van der Waals surface area contributed by atoms with Crippen LogP contribution in [0.1, 0.15) is 11.4 Å². The molecule has 0 amide bonds. The summed E-state index contributed by atoms with van der Waals surface area (Å²) in [5.74, 6) is 1.61. The molecule has 1 N–H and O–H groups in total. The molecule has 0 aliphatic carbocycles. The fourth-order valence-corrected chi connectivity index (χ4v) is 2.22. The fourth-order valence-electron chi connectivity index (χ4n) is 1.89. The predicted molar refractivity (Wildman–Crippen MR) is 83.5 cm³/mol. The number of halogens is 1. The summed E-state index contributed by atoms with van der Waals surface area (Å²) in [5, 5.41) is 0. The van der Waals surface area contributed by atoms with Crippen LogP contribution in [-0.4, -0.2) is 22.1 Å². The van der Waals surface area contributed by atoms with E-state index in [1.165, 1.54) is 0 Å². The first-order chi connectivity index (χ1) is 9.74. The van der Waals surface area contributed by atoms with Gasteiger partial charge >= 0.3 is 0 Å². The number of pyridine rings is 1.